The molecule has 1 aromatic heterocycles. The maximum atomic E-state index is 14.6. The van der Waals surface area contributed by atoms with Crippen LogP contribution in [0.25, 0.3) is 0 Å². The van der Waals surface area contributed by atoms with E-state index in [9.17, 15) is 26.7 Å². The van der Waals surface area contributed by atoms with Crippen LogP contribution >= 0.6 is 0 Å². The zero-order chi connectivity index (χ0) is 24.4. The van der Waals surface area contributed by atoms with Gasteiger partial charge in [-0.15, -0.1) is 0 Å². The fraction of sp³-hybridized carbons (Fsp3) is 0.333. The van der Waals surface area contributed by atoms with Gasteiger partial charge in [0.05, 0.1) is 11.7 Å². The van der Waals surface area contributed by atoms with E-state index in [0.29, 0.717) is 0 Å². The number of ether oxygens (including phenoxy) is 2. The van der Waals surface area contributed by atoms with Gasteiger partial charge < -0.3 is 15.2 Å². The third-order valence-electron chi connectivity index (χ3n) is 4.93. The first kappa shape index (κ1) is 23.9. The average molecular weight is 468 g/mol. The monoisotopic (exact) mass is 468 g/mol. The van der Waals surface area contributed by atoms with Gasteiger partial charge in [0.15, 0.2) is 30.1 Å². The molecule has 1 aromatic carbocycles. The molecule has 1 aliphatic rings. The number of rotatable bonds is 6. The van der Waals surface area contributed by atoms with Crippen LogP contribution in [0.1, 0.15) is 35.0 Å². The molecule has 0 aliphatic carbocycles. The van der Waals surface area contributed by atoms with E-state index >= 15 is 0 Å². The minimum atomic E-state index is -4.81. The van der Waals surface area contributed by atoms with Crippen LogP contribution in [0.3, 0.4) is 0 Å². The fourth-order valence-corrected chi connectivity index (χ4v) is 3.38. The Morgan fingerprint density at radius 1 is 1.36 bits per heavy atom. The predicted molar refractivity (Wildman–Crippen MR) is 104 cm³/mol. The molecule has 174 valence electrons. The number of pyridine rings is 1. The molecule has 2 heterocycles. The van der Waals surface area contributed by atoms with E-state index in [1.807, 2.05) is 0 Å². The second-order valence-corrected chi connectivity index (χ2v) is 7.44. The van der Waals surface area contributed by atoms with Gasteiger partial charge in [0.1, 0.15) is 17.5 Å². The molecule has 2 aromatic rings. The van der Waals surface area contributed by atoms with Crippen molar-refractivity contribution in [2.45, 2.75) is 37.6 Å². The number of carbonyl (C=O) groups is 1. The molecular formula is C21H17F5N4O3. The number of hydrogen-bond donors (Lipinski definition) is 1. The van der Waals surface area contributed by atoms with E-state index in [2.05, 4.69) is 14.7 Å². The van der Waals surface area contributed by atoms with Crippen molar-refractivity contribution in [1.82, 2.24) is 4.98 Å². The van der Waals surface area contributed by atoms with Gasteiger partial charge in [-0.25, -0.2) is 18.8 Å². The van der Waals surface area contributed by atoms with E-state index < -0.39 is 59.7 Å². The normalized spacial score (nSPS) is 20.4. The molecule has 0 saturated carbocycles. The SMILES string of the molecule is C[C@@]1(c2cc(CC(=O)c3ccc(OCC#N)cn3)cc(F)c2F)C[C@@H](C(F)(F)F)OC(N)=N1. The van der Waals surface area contributed by atoms with E-state index in [4.69, 9.17) is 15.7 Å². The van der Waals surface area contributed by atoms with Crippen LogP contribution < -0.4 is 10.5 Å². The van der Waals surface area contributed by atoms with Gasteiger partial charge in [0.2, 0.25) is 0 Å². The highest BCUT2D eigenvalue weighted by atomic mass is 19.4. The Bertz CT molecular complexity index is 1130. The summed E-state index contributed by atoms with van der Waals surface area (Å²) < 4.78 is 78.2. The van der Waals surface area contributed by atoms with Crippen LogP contribution in [0.2, 0.25) is 0 Å². The molecule has 2 N–H and O–H groups in total. The molecule has 1 aliphatic heterocycles. The van der Waals surface area contributed by atoms with E-state index in [1.165, 1.54) is 25.3 Å². The Kier molecular flexibility index (Phi) is 6.53. The van der Waals surface area contributed by atoms with Crippen molar-refractivity contribution in [3.63, 3.8) is 0 Å². The molecule has 2 atom stereocenters. The third-order valence-corrected chi connectivity index (χ3v) is 4.93. The maximum Gasteiger partial charge on any atom is 0.425 e. The first-order valence-corrected chi connectivity index (χ1v) is 9.49. The largest absolute Gasteiger partial charge is 0.477 e. The summed E-state index contributed by atoms with van der Waals surface area (Å²) in [4.78, 5) is 20.3. The van der Waals surface area contributed by atoms with Gasteiger partial charge >= 0.3 is 6.18 Å². The van der Waals surface area contributed by atoms with Crippen molar-refractivity contribution < 1.29 is 36.2 Å². The Hall–Kier alpha value is -3.75. The molecule has 7 nitrogen and oxygen atoms in total. The van der Waals surface area contributed by atoms with Gasteiger partial charge in [-0.05, 0) is 36.8 Å². The van der Waals surface area contributed by atoms with Gasteiger partial charge in [0.25, 0.3) is 6.02 Å². The highest BCUT2D eigenvalue weighted by Crippen LogP contribution is 2.41. The quantitative estimate of drug-likeness (QED) is 0.513. The van der Waals surface area contributed by atoms with Gasteiger partial charge in [-0.1, -0.05) is 0 Å². The molecule has 0 bridgehead atoms. The summed E-state index contributed by atoms with van der Waals surface area (Å²) in [5.74, 6) is -3.06. The Morgan fingerprint density at radius 2 is 2.09 bits per heavy atom. The minimum absolute atomic E-state index is 0.00514. The number of hydrogen-bond acceptors (Lipinski definition) is 7. The van der Waals surface area contributed by atoms with Crippen molar-refractivity contribution in [2.24, 2.45) is 10.7 Å². The number of benzene rings is 1. The van der Waals surface area contributed by atoms with Crippen molar-refractivity contribution in [2.75, 3.05) is 6.61 Å². The molecule has 0 fully saturated rings. The van der Waals surface area contributed by atoms with Crippen LogP contribution in [-0.2, 0) is 16.7 Å². The number of nitriles is 1. The Balaban J connectivity index is 1.89. The minimum Gasteiger partial charge on any atom is -0.477 e. The van der Waals surface area contributed by atoms with Crippen LogP contribution in [0.5, 0.6) is 5.75 Å². The number of nitrogens with zero attached hydrogens (tertiary/aromatic N) is 3. The second kappa shape index (κ2) is 9.01. The average Bonchev–Trinajstić information content (AvgIpc) is 2.73. The molecule has 33 heavy (non-hydrogen) atoms. The number of aromatic nitrogens is 1. The van der Waals surface area contributed by atoms with Gasteiger partial charge in [0, 0.05) is 18.4 Å². The zero-order valence-corrected chi connectivity index (χ0v) is 17.1. The summed E-state index contributed by atoms with van der Waals surface area (Å²) >= 11 is 0. The molecule has 0 amide bonds. The number of halogens is 5. The summed E-state index contributed by atoms with van der Waals surface area (Å²) in [7, 11) is 0. The number of ketones is 1. The standard InChI is InChI=1S/C21H17F5N4O3/c1-20(9-17(21(24,25)26)33-19(28)30-20)13-6-11(7-14(22)18(13)23)8-16(31)15-3-2-12(10-29-15)32-5-4-27/h2-3,6-7,10,17H,5,8-9H2,1H3,(H2,28,30)/t17-,20-/m0/s1. The highest BCUT2D eigenvalue weighted by Gasteiger charge is 2.50. The molecule has 0 saturated heterocycles. The first-order chi connectivity index (χ1) is 15.4. The molecule has 0 unspecified atom stereocenters. The molecular weight excluding hydrogens is 451 g/mol. The van der Waals surface area contributed by atoms with Crippen LogP contribution in [-0.4, -0.2) is 35.7 Å². The number of alkyl halides is 3. The lowest BCUT2D eigenvalue weighted by atomic mass is 9.84. The van der Waals surface area contributed by atoms with Crippen molar-refractivity contribution >= 4 is 11.8 Å². The number of aliphatic imine (C=N–C) groups is 1. The smallest absolute Gasteiger partial charge is 0.425 e. The Morgan fingerprint density at radius 3 is 2.70 bits per heavy atom. The van der Waals surface area contributed by atoms with Gasteiger partial charge in [-0.3, -0.25) is 4.79 Å². The van der Waals surface area contributed by atoms with E-state index in [-0.39, 0.29) is 23.6 Å². The van der Waals surface area contributed by atoms with Crippen molar-refractivity contribution in [3.05, 3.63) is 58.9 Å². The summed E-state index contributed by atoms with van der Waals surface area (Å²) in [6.45, 7) is 0.963. The van der Waals surface area contributed by atoms with Crippen LogP contribution in [0, 0.1) is 23.0 Å². The number of carbonyl (C=O) groups excluding carboxylic acids is 1. The van der Waals surface area contributed by atoms with Crippen LogP contribution in [0.15, 0.2) is 35.5 Å². The topological polar surface area (TPSA) is 111 Å². The highest BCUT2D eigenvalue weighted by molar-refractivity contribution is 5.95. The fourth-order valence-electron chi connectivity index (χ4n) is 3.38. The number of nitrogens with two attached hydrogens (primary N) is 1. The number of amidine groups is 1. The third kappa shape index (κ3) is 5.36. The van der Waals surface area contributed by atoms with E-state index in [1.54, 1.807) is 6.07 Å². The number of Topliss-reactive ketones (excluding diaryl/α,β-unsaturated/α-hetero) is 1. The zero-order valence-electron chi connectivity index (χ0n) is 17.1. The maximum absolute atomic E-state index is 14.6. The lowest BCUT2D eigenvalue weighted by Crippen LogP contribution is -2.46. The molecule has 0 spiro atoms. The Labute approximate surface area is 184 Å². The lowest BCUT2D eigenvalue weighted by molar-refractivity contribution is -0.208. The molecule has 0 radical (unpaired) electrons. The molecule has 3 rings (SSSR count). The summed E-state index contributed by atoms with van der Waals surface area (Å²) in [6, 6.07) is 5.56. The second-order valence-electron chi connectivity index (χ2n) is 7.44. The van der Waals surface area contributed by atoms with Gasteiger partial charge in [-0.2, -0.15) is 18.4 Å². The van der Waals surface area contributed by atoms with Crippen molar-refractivity contribution in [1.29, 1.82) is 5.26 Å². The van der Waals surface area contributed by atoms with Crippen LogP contribution in [0.4, 0.5) is 22.0 Å². The lowest BCUT2D eigenvalue weighted by Gasteiger charge is -2.36. The predicted octanol–water partition coefficient (Wildman–Crippen LogP) is 3.57. The first-order valence-electron chi connectivity index (χ1n) is 9.49. The summed E-state index contributed by atoms with van der Waals surface area (Å²) in [5.41, 5.74) is 3.00. The molecule has 12 heteroatoms. The van der Waals surface area contributed by atoms with E-state index in [0.717, 1.165) is 12.1 Å². The summed E-state index contributed by atoms with van der Waals surface area (Å²) in [6.07, 6.45) is -7.20. The van der Waals surface area contributed by atoms with Crippen molar-refractivity contribution in [3.8, 4) is 11.8 Å². The summed E-state index contributed by atoms with van der Waals surface area (Å²) in [5, 5.41) is 8.50.